The molecule has 1 saturated heterocycles. The molecule has 1 heterocycles. The van der Waals surface area contributed by atoms with Crippen LogP contribution >= 0.6 is 0 Å². The van der Waals surface area contributed by atoms with Gasteiger partial charge in [0.2, 0.25) is 0 Å². The quantitative estimate of drug-likeness (QED) is 0.601. The van der Waals surface area contributed by atoms with Crippen molar-refractivity contribution in [2.24, 2.45) is 0 Å². The van der Waals surface area contributed by atoms with Gasteiger partial charge in [-0.25, -0.2) is 5.32 Å². The maximum atomic E-state index is 4.32. The number of hydrogen-bond donors (Lipinski definition) is 0. The summed E-state index contributed by atoms with van der Waals surface area (Å²) in [7, 11) is 2.19. The highest BCUT2D eigenvalue weighted by atomic mass is 15.3. The molecule has 1 rings (SSSR count). The van der Waals surface area contributed by atoms with Crippen LogP contribution in [-0.4, -0.2) is 56.2 Å². The van der Waals surface area contributed by atoms with Gasteiger partial charge in [0.15, 0.2) is 0 Å². The fraction of sp³-hybridized carbons (Fsp3) is 1.00. The lowest BCUT2D eigenvalue weighted by molar-refractivity contribution is 0.139. The average Bonchev–Trinajstić information content (AvgIpc) is 2.06. The first-order valence-corrected chi connectivity index (χ1v) is 4.87. The largest absolute Gasteiger partial charge is 0.294 e. The van der Waals surface area contributed by atoms with Crippen LogP contribution in [0, 0.1) is 0 Å². The fourth-order valence-electron chi connectivity index (χ4n) is 1.58. The maximum absolute atomic E-state index is 4.32. The van der Waals surface area contributed by atoms with Crippen LogP contribution in [0.3, 0.4) is 0 Å². The summed E-state index contributed by atoms with van der Waals surface area (Å²) in [6.45, 7) is 8.89. The van der Waals surface area contributed by atoms with Gasteiger partial charge in [-0.3, -0.25) is 9.80 Å². The molecule has 0 unspecified atom stereocenters. The van der Waals surface area contributed by atoms with Crippen molar-refractivity contribution in [3.63, 3.8) is 0 Å². The fourth-order valence-corrected chi connectivity index (χ4v) is 1.58. The van der Waals surface area contributed by atoms with E-state index in [1.165, 1.54) is 13.0 Å². The molecule has 1 aliphatic rings. The van der Waals surface area contributed by atoms with Gasteiger partial charge in [-0.2, -0.15) is 0 Å². The van der Waals surface area contributed by atoms with E-state index in [0.717, 1.165) is 32.8 Å². The first kappa shape index (κ1) is 9.96. The van der Waals surface area contributed by atoms with Crippen molar-refractivity contribution >= 4 is 0 Å². The summed E-state index contributed by atoms with van der Waals surface area (Å²) in [6.07, 6.45) is 1.24. The summed E-state index contributed by atoms with van der Waals surface area (Å²) >= 11 is 0. The van der Waals surface area contributed by atoms with E-state index in [-0.39, 0.29) is 0 Å². The molecule has 1 aliphatic heterocycles. The number of rotatable bonds is 4. The molecule has 0 bridgehead atoms. The van der Waals surface area contributed by atoms with E-state index < -0.39 is 0 Å². The zero-order chi connectivity index (χ0) is 8.81. The van der Waals surface area contributed by atoms with Crippen LogP contribution in [0.2, 0.25) is 0 Å². The molecule has 0 aromatic heterocycles. The van der Waals surface area contributed by atoms with Crippen LogP contribution in [0.5, 0.6) is 0 Å². The average molecular weight is 170 g/mol. The molecule has 0 aliphatic carbocycles. The second-order valence-corrected chi connectivity index (χ2v) is 3.51. The lowest BCUT2D eigenvalue weighted by atomic mass is 10.4. The van der Waals surface area contributed by atoms with Crippen molar-refractivity contribution < 1.29 is 0 Å². The molecule has 71 valence electrons. The molecule has 12 heavy (non-hydrogen) atoms. The SMILES string of the molecule is CCCN(C)CN1CC[N]CC1. The molecule has 3 nitrogen and oxygen atoms in total. The number of hydrogen-bond acceptors (Lipinski definition) is 2. The highest BCUT2D eigenvalue weighted by molar-refractivity contribution is 4.66. The van der Waals surface area contributed by atoms with Crippen molar-refractivity contribution in [3.05, 3.63) is 0 Å². The molecule has 0 aromatic carbocycles. The van der Waals surface area contributed by atoms with Crippen LogP contribution in [-0.2, 0) is 0 Å². The minimum Gasteiger partial charge on any atom is -0.294 e. The predicted molar refractivity (Wildman–Crippen MR) is 51.2 cm³/mol. The molecule has 1 radical (unpaired) electrons. The molecule has 0 N–H and O–H groups in total. The van der Waals surface area contributed by atoms with E-state index in [1.807, 2.05) is 0 Å². The third-order valence-corrected chi connectivity index (χ3v) is 2.20. The summed E-state index contributed by atoms with van der Waals surface area (Å²) in [5.74, 6) is 0. The molecule has 0 saturated carbocycles. The Morgan fingerprint density at radius 2 is 2.00 bits per heavy atom. The van der Waals surface area contributed by atoms with Gasteiger partial charge in [-0.05, 0) is 20.0 Å². The summed E-state index contributed by atoms with van der Waals surface area (Å²) in [5.41, 5.74) is 0. The topological polar surface area (TPSA) is 20.6 Å². The Morgan fingerprint density at radius 3 is 2.58 bits per heavy atom. The van der Waals surface area contributed by atoms with Crippen molar-refractivity contribution in [1.82, 2.24) is 15.1 Å². The van der Waals surface area contributed by atoms with Gasteiger partial charge in [0, 0.05) is 26.2 Å². The van der Waals surface area contributed by atoms with Crippen molar-refractivity contribution in [1.29, 1.82) is 0 Å². The van der Waals surface area contributed by atoms with E-state index in [9.17, 15) is 0 Å². The maximum Gasteiger partial charge on any atom is 0.0504 e. The first-order valence-electron chi connectivity index (χ1n) is 4.87. The van der Waals surface area contributed by atoms with E-state index in [2.05, 4.69) is 29.1 Å². The van der Waals surface area contributed by atoms with Crippen molar-refractivity contribution in [3.8, 4) is 0 Å². The Bertz CT molecular complexity index is 110. The Hall–Kier alpha value is -0.120. The minimum absolute atomic E-state index is 1.03. The zero-order valence-corrected chi connectivity index (χ0v) is 8.29. The normalized spacial score (nSPS) is 20.2. The highest BCUT2D eigenvalue weighted by Gasteiger charge is 2.10. The van der Waals surface area contributed by atoms with Crippen LogP contribution in [0.15, 0.2) is 0 Å². The van der Waals surface area contributed by atoms with Crippen LogP contribution < -0.4 is 5.32 Å². The van der Waals surface area contributed by atoms with Gasteiger partial charge in [0.1, 0.15) is 0 Å². The van der Waals surface area contributed by atoms with Crippen LogP contribution in [0.1, 0.15) is 13.3 Å². The third-order valence-electron chi connectivity index (χ3n) is 2.20. The van der Waals surface area contributed by atoms with Crippen molar-refractivity contribution in [2.75, 3.05) is 46.4 Å². The Labute approximate surface area is 75.7 Å². The Morgan fingerprint density at radius 1 is 1.33 bits per heavy atom. The molecule has 3 heteroatoms. The third kappa shape index (κ3) is 3.52. The van der Waals surface area contributed by atoms with Crippen molar-refractivity contribution in [2.45, 2.75) is 13.3 Å². The summed E-state index contributed by atoms with van der Waals surface area (Å²) in [6, 6.07) is 0. The van der Waals surface area contributed by atoms with E-state index in [4.69, 9.17) is 0 Å². The Balaban J connectivity index is 2.11. The zero-order valence-electron chi connectivity index (χ0n) is 8.29. The summed E-state index contributed by atoms with van der Waals surface area (Å²) in [5, 5.41) is 4.32. The lowest BCUT2D eigenvalue weighted by Crippen LogP contribution is -2.45. The molecule has 1 fully saturated rings. The van der Waals surface area contributed by atoms with E-state index >= 15 is 0 Å². The summed E-state index contributed by atoms with van der Waals surface area (Å²) in [4.78, 5) is 4.86. The molecule has 0 spiro atoms. The molecule has 0 atom stereocenters. The van der Waals surface area contributed by atoms with Gasteiger partial charge < -0.3 is 0 Å². The summed E-state index contributed by atoms with van der Waals surface area (Å²) < 4.78 is 0. The first-order chi connectivity index (χ1) is 5.83. The van der Waals surface area contributed by atoms with E-state index in [0.29, 0.717) is 0 Å². The monoisotopic (exact) mass is 170 g/mol. The molecule has 0 aromatic rings. The molecule has 0 amide bonds. The standard InChI is InChI=1S/C9H20N3/c1-3-6-11(2)9-12-7-4-10-5-8-12/h3-9H2,1-2H3. The Kier molecular flexibility index (Phi) is 4.58. The van der Waals surface area contributed by atoms with Gasteiger partial charge in [-0.15, -0.1) is 0 Å². The molecular weight excluding hydrogens is 150 g/mol. The smallest absolute Gasteiger partial charge is 0.0504 e. The van der Waals surface area contributed by atoms with Gasteiger partial charge in [0.25, 0.3) is 0 Å². The predicted octanol–water partition coefficient (Wildman–Crippen LogP) is 0.206. The number of piperazine rings is 1. The highest BCUT2D eigenvalue weighted by Crippen LogP contribution is 1.95. The number of nitrogens with zero attached hydrogens (tertiary/aromatic N) is 3. The van der Waals surface area contributed by atoms with E-state index in [1.54, 1.807) is 0 Å². The van der Waals surface area contributed by atoms with Crippen LogP contribution in [0.4, 0.5) is 0 Å². The van der Waals surface area contributed by atoms with Crippen LogP contribution in [0.25, 0.3) is 0 Å². The van der Waals surface area contributed by atoms with Gasteiger partial charge >= 0.3 is 0 Å². The second kappa shape index (κ2) is 5.51. The lowest BCUT2D eigenvalue weighted by Gasteiger charge is -2.30. The molecular formula is C9H20N3. The minimum atomic E-state index is 1.03. The van der Waals surface area contributed by atoms with Gasteiger partial charge in [-0.1, -0.05) is 6.92 Å². The second-order valence-electron chi connectivity index (χ2n) is 3.51. The van der Waals surface area contributed by atoms with Gasteiger partial charge in [0.05, 0.1) is 6.67 Å².